The Kier molecular flexibility index (Phi) is 8.09. The number of carbonyl (C=O) groups excluding carboxylic acids is 3. The van der Waals surface area contributed by atoms with Crippen LogP contribution in [0, 0.1) is 7.14 Å². The van der Waals surface area contributed by atoms with Crippen LogP contribution >= 0.6 is 56.9 Å². The summed E-state index contributed by atoms with van der Waals surface area (Å²) in [7, 11) is 1.25. The molecule has 2 amide bonds. The number of furan rings is 1. The first kappa shape index (κ1) is 26.8. The fourth-order valence-corrected chi connectivity index (χ4v) is 6.95. The van der Waals surface area contributed by atoms with E-state index in [9.17, 15) is 14.4 Å². The molecule has 3 aromatic carbocycles. The van der Waals surface area contributed by atoms with Crippen molar-refractivity contribution in [3.8, 4) is 5.75 Å². The lowest BCUT2D eigenvalue weighted by Crippen LogP contribution is -2.27. The molecule has 1 aliphatic heterocycles. The molecule has 1 fully saturated rings. The predicted molar refractivity (Wildman–Crippen MR) is 162 cm³/mol. The van der Waals surface area contributed by atoms with Gasteiger partial charge >= 0.3 is 5.97 Å². The Hall–Kier alpha value is -2.84. The molecular formula is C28H19I2NO6S. The van der Waals surface area contributed by atoms with Gasteiger partial charge in [0.1, 0.15) is 18.1 Å². The summed E-state index contributed by atoms with van der Waals surface area (Å²) >= 11 is 5.31. The fourth-order valence-electron chi connectivity index (χ4n) is 3.99. The SMILES string of the molecule is COC(=O)c1ccc(CN2C(=O)S/C(=C/c3cc(I)c(OCc4cccc5ccccc45)c(I)c3)C2=O)o1. The van der Waals surface area contributed by atoms with Crippen molar-refractivity contribution < 1.29 is 28.3 Å². The van der Waals surface area contributed by atoms with Gasteiger partial charge < -0.3 is 13.9 Å². The number of benzene rings is 3. The summed E-state index contributed by atoms with van der Waals surface area (Å²) < 4.78 is 18.0. The standard InChI is InChI=1S/C28H19I2NO6S/c1-35-27(33)23-10-9-19(37-23)14-31-26(32)24(38-28(31)34)13-16-11-21(29)25(22(30)12-16)36-15-18-7-4-6-17-5-2-3-8-20(17)18/h2-13H,14-15H2,1H3/b24-13+. The van der Waals surface area contributed by atoms with Crippen molar-refractivity contribution in [1.82, 2.24) is 4.90 Å². The first-order chi connectivity index (χ1) is 18.3. The molecular weight excluding hydrogens is 732 g/mol. The van der Waals surface area contributed by atoms with Crippen LogP contribution in [0.25, 0.3) is 16.8 Å². The highest BCUT2D eigenvalue weighted by atomic mass is 127. The number of ether oxygens (including phenoxy) is 2. The quantitative estimate of drug-likeness (QED) is 0.112. The Labute approximate surface area is 249 Å². The number of hydrogen-bond donors (Lipinski definition) is 0. The van der Waals surface area contributed by atoms with Crippen LogP contribution in [0.5, 0.6) is 5.75 Å². The second-order valence-electron chi connectivity index (χ2n) is 8.27. The number of nitrogens with zero attached hydrogens (tertiary/aromatic N) is 1. The zero-order valence-electron chi connectivity index (χ0n) is 19.9. The number of esters is 1. The van der Waals surface area contributed by atoms with Gasteiger partial charge in [-0.1, -0.05) is 42.5 Å². The number of carbonyl (C=O) groups is 3. The lowest BCUT2D eigenvalue weighted by atomic mass is 10.1. The van der Waals surface area contributed by atoms with Crippen molar-refractivity contribution in [3.63, 3.8) is 0 Å². The summed E-state index contributed by atoms with van der Waals surface area (Å²) in [5, 5.41) is 1.92. The van der Waals surface area contributed by atoms with E-state index in [1.165, 1.54) is 18.6 Å². The summed E-state index contributed by atoms with van der Waals surface area (Å²) in [6, 6.07) is 21.2. The van der Waals surface area contributed by atoms with Crippen LogP contribution in [0.4, 0.5) is 4.79 Å². The van der Waals surface area contributed by atoms with E-state index in [1.54, 1.807) is 12.1 Å². The van der Waals surface area contributed by atoms with Gasteiger partial charge in [-0.15, -0.1) is 0 Å². The van der Waals surface area contributed by atoms with Gasteiger partial charge in [0.25, 0.3) is 11.1 Å². The van der Waals surface area contributed by atoms with Crippen molar-refractivity contribution in [1.29, 1.82) is 0 Å². The highest BCUT2D eigenvalue weighted by Crippen LogP contribution is 2.36. The molecule has 0 spiro atoms. The predicted octanol–water partition coefficient (Wildman–Crippen LogP) is 7.24. The summed E-state index contributed by atoms with van der Waals surface area (Å²) in [6.07, 6.45) is 1.70. The molecule has 192 valence electrons. The maximum absolute atomic E-state index is 13.0. The largest absolute Gasteiger partial charge is 0.487 e. The van der Waals surface area contributed by atoms with E-state index >= 15 is 0 Å². The number of halogens is 2. The molecule has 0 atom stereocenters. The molecule has 1 saturated heterocycles. The molecule has 38 heavy (non-hydrogen) atoms. The summed E-state index contributed by atoms with van der Waals surface area (Å²) in [5.41, 5.74) is 1.88. The number of rotatable bonds is 7. The van der Waals surface area contributed by atoms with Gasteiger partial charge in [-0.05, 0) is 109 Å². The Morgan fingerprint density at radius 2 is 1.76 bits per heavy atom. The van der Waals surface area contributed by atoms with E-state index in [2.05, 4.69) is 74.2 Å². The van der Waals surface area contributed by atoms with Crippen LogP contribution in [0.2, 0.25) is 0 Å². The van der Waals surface area contributed by atoms with Crippen molar-refractivity contribution in [2.75, 3.05) is 7.11 Å². The molecule has 0 bridgehead atoms. The van der Waals surface area contributed by atoms with E-state index in [4.69, 9.17) is 9.15 Å². The summed E-state index contributed by atoms with van der Waals surface area (Å²) in [5.74, 6) is 0.0441. The zero-order chi connectivity index (χ0) is 26.8. The minimum Gasteiger partial charge on any atom is -0.487 e. The maximum Gasteiger partial charge on any atom is 0.373 e. The van der Waals surface area contributed by atoms with E-state index in [0.29, 0.717) is 17.3 Å². The molecule has 2 heterocycles. The third-order valence-electron chi connectivity index (χ3n) is 5.81. The maximum atomic E-state index is 13.0. The second kappa shape index (κ2) is 11.5. The Bertz CT molecular complexity index is 1580. The number of fused-ring (bicyclic) bond motifs is 1. The molecule has 10 heteroatoms. The third kappa shape index (κ3) is 5.61. The van der Waals surface area contributed by atoms with E-state index in [-0.39, 0.29) is 12.3 Å². The summed E-state index contributed by atoms with van der Waals surface area (Å²) in [6.45, 7) is 0.352. The van der Waals surface area contributed by atoms with Gasteiger partial charge in [-0.3, -0.25) is 14.5 Å². The van der Waals surface area contributed by atoms with Crippen LogP contribution in [-0.4, -0.2) is 29.1 Å². The van der Waals surface area contributed by atoms with Crippen molar-refractivity contribution in [2.24, 2.45) is 0 Å². The molecule has 7 nitrogen and oxygen atoms in total. The Morgan fingerprint density at radius 3 is 2.53 bits per heavy atom. The molecule has 1 aliphatic rings. The topological polar surface area (TPSA) is 86.0 Å². The number of amides is 2. The average molecular weight is 751 g/mol. The van der Waals surface area contributed by atoms with E-state index in [1.807, 2.05) is 30.3 Å². The number of imide groups is 1. The highest BCUT2D eigenvalue weighted by molar-refractivity contribution is 14.1. The van der Waals surface area contributed by atoms with E-state index < -0.39 is 17.1 Å². The molecule has 0 saturated carbocycles. The molecule has 0 N–H and O–H groups in total. The number of thioether (sulfide) groups is 1. The van der Waals surface area contributed by atoms with Gasteiger partial charge in [-0.2, -0.15) is 0 Å². The molecule has 0 unspecified atom stereocenters. The van der Waals surface area contributed by atoms with Crippen LogP contribution in [0.15, 0.2) is 76.1 Å². The van der Waals surface area contributed by atoms with Gasteiger partial charge in [0.15, 0.2) is 0 Å². The van der Waals surface area contributed by atoms with E-state index in [0.717, 1.165) is 46.1 Å². The number of methoxy groups -OCH3 is 1. The fraction of sp³-hybridized carbons (Fsp3) is 0.107. The highest BCUT2D eigenvalue weighted by Gasteiger charge is 2.36. The lowest BCUT2D eigenvalue weighted by Gasteiger charge is -2.13. The minimum absolute atomic E-state index is 0.0110. The lowest BCUT2D eigenvalue weighted by molar-refractivity contribution is -0.123. The van der Waals surface area contributed by atoms with Crippen LogP contribution in [-0.2, 0) is 22.7 Å². The Balaban J connectivity index is 1.31. The van der Waals surface area contributed by atoms with Crippen molar-refractivity contribution in [2.45, 2.75) is 13.2 Å². The zero-order valence-corrected chi connectivity index (χ0v) is 25.0. The Morgan fingerprint density at radius 1 is 1.03 bits per heavy atom. The number of hydrogen-bond acceptors (Lipinski definition) is 7. The third-order valence-corrected chi connectivity index (χ3v) is 8.32. The molecule has 0 aliphatic carbocycles. The summed E-state index contributed by atoms with van der Waals surface area (Å²) in [4.78, 5) is 38.5. The molecule has 5 rings (SSSR count). The first-order valence-electron chi connectivity index (χ1n) is 11.3. The average Bonchev–Trinajstić information content (AvgIpc) is 3.48. The first-order valence-corrected chi connectivity index (χ1v) is 14.3. The molecule has 4 aromatic rings. The van der Waals surface area contributed by atoms with Gasteiger partial charge in [0.2, 0.25) is 5.76 Å². The van der Waals surface area contributed by atoms with Gasteiger partial charge in [0.05, 0.1) is 25.7 Å². The van der Waals surface area contributed by atoms with Gasteiger partial charge in [-0.25, -0.2) is 4.79 Å². The minimum atomic E-state index is -0.626. The van der Waals surface area contributed by atoms with Gasteiger partial charge in [0, 0.05) is 0 Å². The van der Waals surface area contributed by atoms with Crippen LogP contribution < -0.4 is 4.74 Å². The van der Waals surface area contributed by atoms with Crippen molar-refractivity contribution in [3.05, 3.63) is 101 Å². The van der Waals surface area contributed by atoms with Crippen molar-refractivity contribution >= 4 is 90.9 Å². The van der Waals surface area contributed by atoms with Crippen LogP contribution in [0.3, 0.4) is 0 Å². The smallest absolute Gasteiger partial charge is 0.373 e. The van der Waals surface area contributed by atoms with Crippen LogP contribution in [0.1, 0.15) is 27.4 Å². The molecule has 1 aromatic heterocycles. The normalized spacial score (nSPS) is 14.5. The monoisotopic (exact) mass is 751 g/mol. The second-order valence-corrected chi connectivity index (χ2v) is 11.6. The molecule has 0 radical (unpaired) electrons.